The molecule has 6 heteroatoms. The summed E-state index contributed by atoms with van der Waals surface area (Å²) in [7, 11) is 0. The van der Waals surface area contributed by atoms with Gasteiger partial charge in [-0.1, -0.05) is 73.3 Å². The molecule has 0 saturated heterocycles. The van der Waals surface area contributed by atoms with Crippen LogP contribution in [0.5, 0.6) is 11.5 Å². The molecular weight excluding hydrogens is 712 g/mol. The predicted octanol–water partition coefficient (Wildman–Crippen LogP) is 12.9. The van der Waals surface area contributed by atoms with Gasteiger partial charge < -0.3 is 19.3 Å². The molecule has 1 aliphatic rings. The van der Waals surface area contributed by atoms with Crippen LogP contribution in [-0.2, 0) is 0 Å². The molecule has 0 amide bonds. The maximum atomic E-state index is 6.18. The summed E-state index contributed by atoms with van der Waals surface area (Å²) >= 11 is 7.26. The first-order valence-corrected chi connectivity index (χ1v) is 17.1. The molecule has 1 aliphatic heterocycles. The Morgan fingerprint density at radius 1 is 0.426 bits per heavy atom. The lowest BCUT2D eigenvalue weighted by Gasteiger charge is -2.30. The lowest BCUT2D eigenvalue weighted by atomic mass is 10.0. The Kier molecular flexibility index (Phi) is 8.33. The monoisotopic (exact) mass is 744 g/mol. The molecule has 0 atom stereocenters. The molecule has 1 heterocycles. The molecule has 0 N–H and O–H groups in total. The van der Waals surface area contributed by atoms with Gasteiger partial charge in [0.25, 0.3) is 0 Å². The van der Waals surface area contributed by atoms with E-state index in [4.69, 9.17) is 9.47 Å². The highest BCUT2D eigenvalue weighted by atomic mass is 79.9. The minimum Gasteiger partial charge on any atom is -0.449 e. The van der Waals surface area contributed by atoms with E-state index in [2.05, 4.69) is 183 Å². The van der Waals surface area contributed by atoms with Crippen LogP contribution in [0.4, 0.5) is 34.1 Å². The van der Waals surface area contributed by atoms with Gasteiger partial charge in [0.1, 0.15) is 0 Å². The second-order valence-corrected chi connectivity index (χ2v) is 14.1. The van der Waals surface area contributed by atoms with Crippen LogP contribution < -0.4 is 19.3 Å². The van der Waals surface area contributed by atoms with E-state index in [1.165, 1.54) is 11.1 Å². The van der Waals surface area contributed by atoms with Gasteiger partial charge in [0.2, 0.25) is 5.79 Å². The Balaban J connectivity index is 1.48. The number of anilines is 6. The van der Waals surface area contributed by atoms with E-state index in [0.717, 1.165) is 65.7 Å². The zero-order valence-corrected chi connectivity index (χ0v) is 29.8. The molecule has 4 nitrogen and oxygen atoms in total. The fourth-order valence-electron chi connectivity index (χ4n) is 5.88. The molecule has 0 aliphatic carbocycles. The molecule has 0 bridgehead atoms. The summed E-state index contributed by atoms with van der Waals surface area (Å²) < 4.78 is 14.3. The molecule has 234 valence electrons. The van der Waals surface area contributed by atoms with Crippen molar-refractivity contribution in [3.05, 3.63) is 154 Å². The molecular formula is C41H34Br2N2O2. The van der Waals surface area contributed by atoms with Crippen molar-refractivity contribution in [2.75, 3.05) is 9.80 Å². The van der Waals surface area contributed by atoms with Crippen molar-refractivity contribution in [3.8, 4) is 22.6 Å². The van der Waals surface area contributed by atoms with E-state index in [1.807, 2.05) is 19.9 Å². The van der Waals surface area contributed by atoms with Gasteiger partial charge in [0.05, 0.1) is 0 Å². The van der Waals surface area contributed by atoms with Crippen LogP contribution in [0.25, 0.3) is 11.1 Å². The Labute approximate surface area is 293 Å². The number of fused-ring (bicyclic) bond motifs is 1. The highest BCUT2D eigenvalue weighted by Gasteiger charge is 2.32. The quantitative estimate of drug-likeness (QED) is 0.162. The van der Waals surface area contributed by atoms with Gasteiger partial charge in [-0.05, 0) is 128 Å². The van der Waals surface area contributed by atoms with Gasteiger partial charge >= 0.3 is 0 Å². The van der Waals surface area contributed by atoms with Crippen LogP contribution in [0.1, 0.15) is 25.0 Å². The molecule has 0 radical (unpaired) electrons. The second kappa shape index (κ2) is 12.6. The average Bonchev–Trinajstić information content (AvgIpc) is 3.38. The number of benzene rings is 6. The van der Waals surface area contributed by atoms with Crippen LogP contribution in [0.15, 0.2) is 142 Å². The molecule has 7 rings (SSSR count). The standard InChI is InChI=1S/C41H34Br2N2O2/c1-27-5-14-33(15-6-27)44(34-16-7-28(2)8-17-34)37-23-30(29-9-22-39-40(25-29)47-41(3,4)46-39)24-38(26-37)45(35-18-10-31(42)11-19-35)36-20-12-32(43)13-21-36/h5-26H,1-4H3. The molecule has 6 aromatic carbocycles. The number of aryl methyl sites for hydroxylation is 2. The molecule has 0 unspecified atom stereocenters. The first-order chi connectivity index (χ1) is 22.6. The van der Waals surface area contributed by atoms with E-state index >= 15 is 0 Å². The average molecular weight is 747 g/mol. The summed E-state index contributed by atoms with van der Waals surface area (Å²) in [5.74, 6) is 0.787. The third-order valence-corrected chi connectivity index (χ3v) is 9.22. The fourth-order valence-corrected chi connectivity index (χ4v) is 6.41. The number of hydrogen-bond donors (Lipinski definition) is 0. The van der Waals surface area contributed by atoms with E-state index in [-0.39, 0.29) is 0 Å². The first kappa shape index (κ1) is 31.1. The summed E-state index contributed by atoms with van der Waals surface area (Å²) in [6.45, 7) is 8.10. The van der Waals surface area contributed by atoms with Crippen LogP contribution >= 0.6 is 31.9 Å². The van der Waals surface area contributed by atoms with E-state index in [0.29, 0.717) is 0 Å². The van der Waals surface area contributed by atoms with Gasteiger partial charge in [-0.15, -0.1) is 0 Å². The highest BCUT2D eigenvalue weighted by molar-refractivity contribution is 9.10. The third kappa shape index (κ3) is 6.67. The Morgan fingerprint density at radius 2 is 0.830 bits per heavy atom. The minimum absolute atomic E-state index is 0.707. The summed E-state index contributed by atoms with van der Waals surface area (Å²) in [5.41, 5.74) is 10.8. The lowest BCUT2D eigenvalue weighted by Crippen LogP contribution is -2.29. The lowest BCUT2D eigenvalue weighted by molar-refractivity contribution is -0.0431. The van der Waals surface area contributed by atoms with Crippen LogP contribution in [-0.4, -0.2) is 5.79 Å². The molecule has 0 saturated carbocycles. The normalized spacial score (nSPS) is 13.0. The third-order valence-electron chi connectivity index (χ3n) is 8.16. The molecule has 0 aromatic heterocycles. The van der Waals surface area contributed by atoms with Crippen molar-refractivity contribution < 1.29 is 9.47 Å². The summed E-state index contributed by atoms with van der Waals surface area (Å²) in [5, 5.41) is 0. The van der Waals surface area contributed by atoms with E-state index < -0.39 is 5.79 Å². The maximum absolute atomic E-state index is 6.18. The predicted molar refractivity (Wildman–Crippen MR) is 201 cm³/mol. The van der Waals surface area contributed by atoms with E-state index in [1.54, 1.807) is 0 Å². The molecule has 0 spiro atoms. The fraction of sp³-hybridized carbons (Fsp3) is 0.122. The number of nitrogens with zero attached hydrogens (tertiary/aromatic N) is 2. The van der Waals surface area contributed by atoms with E-state index in [9.17, 15) is 0 Å². The summed E-state index contributed by atoms with van der Waals surface area (Å²) in [6.07, 6.45) is 0. The molecule has 0 fully saturated rings. The van der Waals surface area contributed by atoms with Crippen molar-refractivity contribution in [1.29, 1.82) is 0 Å². The zero-order valence-electron chi connectivity index (χ0n) is 26.7. The Morgan fingerprint density at radius 3 is 1.28 bits per heavy atom. The van der Waals surface area contributed by atoms with Crippen molar-refractivity contribution in [1.82, 2.24) is 0 Å². The number of rotatable bonds is 7. The van der Waals surface area contributed by atoms with Crippen LogP contribution in [0.3, 0.4) is 0 Å². The number of halogens is 2. The topological polar surface area (TPSA) is 24.9 Å². The second-order valence-electron chi connectivity index (χ2n) is 12.3. The van der Waals surface area contributed by atoms with Crippen molar-refractivity contribution in [2.45, 2.75) is 33.5 Å². The van der Waals surface area contributed by atoms with Gasteiger partial charge in [-0.25, -0.2) is 0 Å². The summed E-state index contributed by atoms with van der Waals surface area (Å²) in [6, 6.07) is 47.2. The number of hydrogen-bond acceptors (Lipinski definition) is 4. The maximum Gasteiger partial charge on any atom is 0.246 e. The highest BCUT2D eigenvalue weighted by Crippen LogP contribution is 2.46. The summed E-state index contributed by atoms with van der Waals surface area (Å²) in [4.78, 5) is 4.62. The minimum atomic E-state index is -0.707. The Hall–Kier alpha value is -4.52. The smallest absolute Gasteiger partial charge is 0.246 e. The largest absolute Gasteiger partial charge is 0.449 e. The molecule has 47 heavy (non-hydrogen) atoms. The molecule has 6 aromatic rings. The first-order valence-electron chi connectivity index (χ1n) is 15.5. The van der Waals surface area contributed by atoms with Crippen molar-refractivity contribution in [2.24, 2.45) is 0 Å². The van der Waals surface area contributed by atoms with Gasteiger partial charge in [-0.3, -0.25) is 0 Å². The van der Waals surface area contributed by atoms with Gasteiger partial charge in [0.15, 0.2) is 11.5 Å². The van der Waals surface area contributed by atoms with Gasteiger partial charge in [-0.2, -0.15) is 0 Å². The zero-order chi connectivity index (χ0) is 32.7. The van der Waals surface area contributed by atoms with Crippen LogP contribution in [0, 0.1) is 13.8 Å². The van der Waals surface area contributed by atoms with Crippen LogP contribution in [0.2, 0.25) is 0 Å². The number of ether oxygens (including phenoxy) is 2. The van der Waals surface area contributed by atoms with Crippen molar-refractivity contribution >= 4 is 66.0 Å². The van der Waals surface area contributed by atoms with Crippen molar-refractivity contribution in [3.63, 3.8) is 0 Å². The Bertz CT molecular complexity index is 1840. The van der Waals surface area contributed by atoms with Gasteiger partial charge in [0, 0.05) is 56.9 Å². The SMILES string of the molecule is Cc1ccc(N(c2ccc(C)cc2)c2cc(-c3ccc4c(c3)OC(C)(C)O4)cc(N(c3ccc(Br)cc3)c3ccc(Br)cc3)c2)cc1.